The van der Waals surface area contributed by atoms with E-state index in [0.29, 0.717) is 5.02 Å². The van der Waals surface area contributed by atoms with Crippen LogP contribution in [0.25, 0.3) is 0 Å². The molecule has 2 rings (SSSR count). The van der Waals surface area contributed by atoms with Gasteiger partial charge in [-0.1, -0.05) is 43.0 Å². The Morgan fingerprint density at radius 3 is 2.29 bits per heavy atom. The van der Waals surface area contributed by atoms with Crippen LogP contribution in [-0.2, 0) is 10.2 Å². The van der Waals surface area contributed by atoms with Crippen molar-refractivity contribution in [1.29, 1.82) is 0 Å². The van der Waals surface area contributed by atoms with Gasteiger partial charge in [-0.15, -0.1) is 0 Å². The van der Waals surface area contributed by atoms with Crippen molar-refractivity contribution in [3.8, 4) is 0 Å². The van der Waals surface area contributed by atoms with Crippen LogP contribution in [0.2, 0.25) is 5.02 Å². The molecule has 92 valence electrons. The first-order valence-electron chi connectivity index (χ1n) is 6.10. The first-order valence-corrected chi connectivity index (χ1v) is 6.48. The van der Waals surface area contributed by atoms with Crippen molar-refractivity contribution < 1.29 is 9.90 Å². The molecule has 1 aromatic rings. The van der Waals surface area contributed by atoms with Crippen LogP contribution in [0.1, 0.15) is 44.1 Å². The molecule has 0 radical (unpaired) electrons. The standard InChI is InChI=1S/C14H17ClO2/c15-12-6-4-11(5-7-12)14(10-13(16)17)8-2-1-3-9-14/h4-7H,1-3,8-10H2,(H,16,17). The second kappa shape index (κ2) is 5.09. The second-order valence-corrected chi connectivity index (χ2v) is 5.35. The largest absolute Gasteiger partial charge is 0.481 e. The molecule has 0 aliphatic heterocycles. The highest BCUT2D eigenvalue weighted by molar-refractivity contribution is 6.30. The van der Waals surface area contributed by atoms with Gasteiger partial charge in [-0.2, -0.15) is 0 Å². The average Bonchev–Trinajstić information content (AvgIpc) is 2.30. The van der Waals surface area contributed by atoms with E-state index in [1.54, 1.807) is 0 Å². The second-order valence-electron chi connectivity index (χ2n) is 4.92. The summed E-state index contributed by atoms with van der Waals surface area (Å²) >= 11 is 5.89. The zero-order valence-electron chi connectivity index (χ0n) is 9.79. The van der Waals surface area contributed by atoms with Crippen LogP contribution in [-0.4, -0.2) is 11.1 Å². The van der Waals surface area contributed by atoms with Crippen LogP contribution in [0.4, 0.5) is 0 Å². The summed E-state index contributed by atoms with van der Waals surface area (Å²) in [6.07, 6.45) is 5.64. The highest BCUT2D eigenvalue weighted by Gasteiger charge is 2.35. The summed E-state index contributed by atoms with van der Waals surface area (Å²) in [5.74, 6) is -0.707. The number of aliphatic carboxylic acids is 1. The molecule has 3 heteroatoms. The number of hydrogen-bond acceptors (Lipinski definition) is 1. The quantitative estimate of drug-likeness (QED) is 0.882. The fraction of sp³-hybridized carbons (Fsp3) is 0.500. The molecule has 0 atom stereocenters. The molecule has 0 unspecified atom stereocenters. The van der Waals surface area contributed by atoms with Crippen LogP contribution in [0, 0.1) is 0 Å². The highest BCUT2D eigenvalue weighted by atomic mass is 35.5. The topological polar surface area (TPSA) is 37.3 Å². The number of carboxylic acids is 1. The summed E-state index contributed by atoms with van der Waals surface area (Å²) in [4.78, 5) is 11.1. The predicted octanol–water partition coefficient (Wildman–Crippen LogP) is 4.02. The number of hydrogen-bond donors (Lipinski definition) is 1. The van der Waals surface area contributed by atoms with Gasteiger partial charge in [-0.05, 0) is 30.5 Å². The molecule has 0 saturated heterocycles. The molecule has 1 aliphatic rings. The van der Waals surface area contributed by atoms with Crippen LogP contribution >= 0.6 is 11.6 Å². The average molecular weight is 253 g/mol. The lowest BCUT2D eigenvalue weighted by Crippen LogP contribution is -2.31. The maximum atomic E-state index is 11.1. The van der Waals surface area contributed by atoms with Crippen molar-refractivity contribution in [2.24, 2.45) is 0 Å². The minimum Gasteiger partial charge on any atom is -0.481 e. The van der Waals surface area contributed by atoms with Crippen LogP contribution in [0.3, 0.4) is 0 Å². The van der Waals surface area contributed by atoms with E-state index in [1.807, 2.05) is 24.3 Å². The Morgan fingerprint density at radius 1 is 1.18 bits per heavy atom. The van der Waals surface area contributed by atoms with Gasteiger partial charge in [-0.25, -0.2) is 0 Å². The third kappa shape index (κ3) is 2.81. The van der Waals surface area contributed by atoms with Crippen LogP contribution in [0.15, 0.2) is 24.3 Å². The van der Waals surface area contributed by atoms with E-state index in [9.17, 15) is 4.79 Å². The maximum absolute atomic E-state index is 11.1. The van der Waals surface area contributed by atoms with Gasteiger partial charge >= 0.3 is 5.97 Å². The fourth-order valence-corrected chi connectivity index (χ4v) is 3.01. The lowest BCUT2D eigenvalue weighted by atomic mass is 9.67. The Labute approximate surface area is 107 Å². The van der Waals surface area contributed by atoms with Crippen LogP contribution < -0.4 is 0 Å². The maximum Gasteiger partial charge on any atom is 0.304 e. The van der Waals surface area contributed by atoms with E-state index < -0.39 is 5.97 Å². The summed E-state index contributed by atoms with van der Waals surface area (Å²) < 4.78 is 0. The van der Waals surface area contributed by atoms with Gasteiger partial charge in [-0.3, -0.25) is 4.79 Å². The van der Waals surface area contributed by atoms with Gasteiger partial charge in [0.2, 0.25) is 0 Å². The number of halogens is 1. The lowest BCUT2D eigenvalue weighted by Gasteiger charge is -2.36. The number of carbonyl (C=O) groups is 1. The molecule has 1 aromatic carbocycles. The lowest BCUT2D eigenvalue weighted by molar-refractivity contribution is -0.138. The fourth-order valence-electron chi connectivity index (χ4n) is 2.89. The summed E-state index contributed by atoms with van der Waals surface area (Å²) in [6, 6.07) is 7.68. The van der Waals surface area contributed by atoms with E-state index in [4.69, 9.17) is 16.7 Å². The van der Waals surface area contributed by atoms with Gasteiger partial charge < -0.3 is 5.11 Å². The van der Waals surface area contributed by atoms with Gasteiger partial charge in [0.15, 0.2) is 0 Å². The Kier molecular flexibility index (Phi) is 3.72. The van der Waals surface area contributed by atoms with Gasteiger partial charge in [0.25, 0.3) is 0 Å². The Morgan fingerprint density at radius 2 is 1.76 bits per heavy atom. The third-order valence-corrected chi connectivity index (χ3v) is 4.01. The van der Waals surface area contributed by atoms with E-state index in [1.165, 1.54) is 6.42 Å². The molecule has 0 spiro atoms. The van der Waals surface area contributed by atoms with Gasteiger partial charge in [0, 0.05) is 10.4 Å². The molecular weight excluding hydrogens is 236 g/mol. The zero-order valence-corrected chi connectivity index (χ0v) is 10.5. The molecule has 0 aromatic heterocycles. The minimum atomic E-state index is -0.707. The molecule has 1 fully saturated rings. The number of carboxylic acid groups (broad SMARTS) is 1. The van der Waals surface area contributed by atoms with Crippen molar-refractivity contribution in [2.75, 3.05) is 0 Å². The predicted molar refractivity (Wildman–Crippen MR) is 68.5 cm³/mol. The Hall–Kier alpha value is -1.02. The van der Waals surface area contributed by atoms with E-state index in [0.717, 1.165) is 31.2 Å². The molecule has 2 nitrogen and oxygen atoms in total. The van der Waals surface area contributed by atoms with Crippen molar-refractivity contribution in [2.45, 2.75) is 43.9 Å². The molecule has 0 heterocycles. The Bertz CT molecular complexity index is 391. The first-order chi connectivity index (χ1) is 8.12. The summed E-state index contributed by atoms with van der Waals surface area (Å²) in [5, 5.41) is 9.82. The molecule has 1 aliphatic carbocycles. The summed E-state index contributed by atoms with van der Waals surface area (Å²) in [5.41, 5.74) is 0.957. The van der Waals surface area contributed by atoms with Crippen molar-refractivity contribution in [3.63, 3.8) is 0 Å². The third-order valence-electron chi connectivity index (χ3n) is 3.76. The SMILES string of the molecule is O=C(O)CC1(c2ccc(Cl)cc2)CCCCC1. The normalized spacial score (nSPS) is 18.9. The molecule has 17 heavy (non-hydrogen) atoms. The van der Waals surface area contributed by atoms with E-state index in [2.05, 4.69) is 0 Å². The van der Waals surface area contributed by atoms with Crippen molar-refractivity contribution in [1.82, 2.24) is 0 Å². The molecule has 0 bridgehead atoms. The van der Waals surface area contributed by atoms with Crippen LogP contribution in [0.5, 0.6) is 0 Å². The van der Waals surface area contributed by atoms with Gasteiger partial charge in [0.05, 0.1) is 6.42 Å². The molecule has 0 amide bonds. The minimum absolute atomic E-state index is 0.172. The first kappa shape index (κ1) is 12.4. The van der Waals surface area contributed by atoms with E-state index in [-0.39, 0.29) is 11.8 Å². The molecule has 1 saturated carbocycles. The zero-order chi connectivity index (χ0) is 12.3. The molecular formula is C14H17ClO2. The monoisotopic (exact) mass is 252 g/mol. The summed E-state index contributed by atoms with van der Waals surface area (Å²) in [7, 11) is 0. The van der Waals surface area contributed by atoms with Gasteiger partial charge in [0.1, 0.15) is 0 Å². The Balaban J connectivity index is 2.31. The molecule has 1 N–H and O–H groups in total. The summed E-state index contributed by atoms with van der Waals surface area (Å²) in [6.45, 7) is 0. The smallest absolute Gasteiger partial charge is 0.304 e. The highest BCUT2D eigenvalue weighted by Crippen LogP contribution is 2.42. The van der Waals surface area contributed by atoms with Crippen molar-refractivity contribution in [3.05, 3.63) is 34.9 Å². The van der Waals surface area contributed by atoms with E-state index >= 15 is 0 Å². The number of rotatable bonds is 3. The number of benzene rings is 1. The van der Waals surface area contributed by atoms with Crippen molar-refractivity contribution >= 4 is 17.6 Å².